The summed E-state index contributed by atoms with van der Waals surface area (Å²) in [6.45, 7) is 4.24. The fraction of sp³-hybridized carbons (Fsp3) is 0.524. The van der Waals surface area contributed by atoms with Gasteiger partial charge in [-0.1, -0.05) is 12.8 Å². The summed E-state index contributed by atoms with van der Waals surface area (Å²) < 4.78 is 4.13. The van der Waals surface area contributed by atoms with Gasteiger partial charge in [-0.2, -0.15) is 5.10 Å². The van der Waals surface area contributed by atoms with E-state index in [0.717, 1.165) is 30.7 Å². The zero-order valence-electron chi connectivity index (χ0n) is 16.3. The molecular weight excluding hydrogens is 352 g/mol. The summed E-state index contributed by atoms with van der Waals surface area (Å²) in [6, 6.07) is 6.05. The van der Waals surface area contributed by atoms with Crippen LogP contribution in [0.1, 0.15) is 67.3 Å². The first-order valence-electron chi connectivity index (χ1n) is 10.4. The molecule has 3 aromatic rings. The molecule has 146 valence electrons. The van der Waals surface area contributed by atoms with Gasteiger partial charge < -0.3 is 9.47 Å². The van der Waals surface area contributed by atoms with Crippen LogP contribution in [-0.4, -0.2) is 48.2 Å². The Morgan fingerprint density at radius 2 is 2.07 bits per heavy atom. The lowest BCUT2D eigenvalue weighted by molar-refractivity contribution is 0.0781. The quantitative estimate of drug-likeness (QED) is 0.698. The Morgan fingerprint density at radius 3 is 2.86 bits per heavy atom. The van der Waals surface area contributed by atoms with Gasteiger partial charge in [0.1, 0.15) is 17.0 Å². The number of pyridine rings is 1. The molecule has 1 saturated carbocycles. The number of carbonyl (C=O) groups excluding carboxylic acids is 1. The molecule has 0 aromatic carbocycles. The second-order valence-electron chi connectivity index (χ2n) is 7.92. The van der Waals surface area contributed by atoms with Gasteiger partial charge in [-0.15, -0.1) is 0 Å². The van der Waals surface area contributed by atoms with E-state index in [-0.39, 0.29) is 11.9 Å². The summed E-state index contributed by atoms with van der Waals surface area (Å²) >= 11 is 0. The number of imidazole rings is 1. The molecule has 1 aliphatic heterocycles. The first-order chi connectivity index (χ1) is 13.7. The van der Waals surface area contributed by atoms with Crippen molar-refractivity contribution in [1.82, 2.24) is 29.2 Å². The molecule has 2 fully saturated rings. The number of rotatable bonds is 4. The maximum Gasteiger partial charge on any atom is 0.274 e. The van der Waals surface area contributed by atoms with Crippen molar-refractivity contribution in [1.29, 1.82) is 0 Å². The summed E-state index contributed by atoms with van der Waals surface area (Å²) in [7, 11) is 0. The van der Waals surface area contributed by atoms with Crippen molar-refractivity contribution < 1.29 is 4.79 Å². The van der Waals surface area contributed by atoms with Crippen LogP contribution in [0.3, 0.4) is 0 Å². The van der Waals surface area contributed by atoms with Gasteiger partial charge in [-0.25, -0.2) is 9.97 Å². The number of hydrogen-bond donors (Lipinski definition) is 0. The number of aromatic nitrogens is 5. The van der Waals surface area contributed by atoms with Crippen LogP contribution in [0.5, 0.6) is 0 Å². The zero-order valence-corrected chi connectivity index (χ0v) is 16.3. The predicted molar refractivity (Wildman–Crippen MR) is 106 cm³/mol. The summed E-state index contributed by atoms with van der Waals surface area (Å²) in [5, 5.41) is 4.39. The summed E-state index contributed by atoms with van der Waals surface area (Å²) in [6.07, 6.45) is 9.59. The first-order valence-corrected chi connectivity index (χ1v) is 10.4. The largest absolute Gasteiger partial charge is 0.335 e. The van der Waals surface area contributed by atoms with Crippen LogP contribution in [0.25, 0.3) is 11.2 Å². The lowest BCUT2D eigenvalue weighted by Gasteiger charge is -2.20. The van der Waals surface area contributed by atoms with Gasteiger partial charge >= 0.3 is 0 Å². The zero-order chi connectivity index (χ0) is 19.1. The minimum Gasteiger partial charge on any atom is -0.335 e. The molecule has 0 spiro atoms. The van der Waals surface area contributed by atoms with E-state index in [2.05, 4.69) is 14.6 Å². The maximum atomic E-state index is 12.9. The molecule has 0 radical (unpaired) electrons. The van der Waals surface area contributed by atoms with Crippen LogP contribution in [-0.2, 0) is 6.54 Å². The normalized spacial score (nSPS) is 20.5. The number of nitrogens with zero attached hydrogens (tertiary/aromatic N) is 6. The lowest BCUT2D eigenvalue weighted by Crippen LogP contribution is -2.30. The van der Waals surface area contributed by atoms with E-state index >= 15 is 0 Å². The van der Waals surface area contributed by atoms with Crippen molar-refractivity contribution in [3.63, 3.8) is 0 Å². The number of fused-ring (bicyclic) bond motifs is 1. The second kappa shape index (κ2) is 7.04. The van der Waals surface area contributed by atoms with Crippen LogP contribution in [0.4, 0.5) is 0 Å². The first kappa shape index (κ1) is 17.4. The Morgan fingerprint density at radius 1 is 1.21 bits per heavy atom. The van der Waals surface area contributed by atoms with Crippen LogP contribution in [0.15, 0.2) is 30.6 Å². The molecule has 1 saturated heterocycles. The van der Waals surface area contributed by atoms with Crippen LogP contribution < -0.4 is 0 Å². The highest BCUT2D eigenvalue weighted by Crippen LogP contribution is 2.38. The summed E-state index contributed by atoms with van der Waals surface area (Å²) in [5.41, 5.74) is 2.46. The van der Waals surface area contributed by atoms with E-state index in [1.165, 1.54) is 31.5 Å². The third-order valence-corrected chi connectivity index (χ3v) is 6.20. The van der Waals surface area contributed by atoms with Crippen molar-refractivity contribution >= 4 is 17.1 Å². The number of aryl methyl sites for hydroxylation is 1. The number of amides is 1. The molecule has 0 N–H and O–H groups in total. The van der Waals surface area contributed by atoms with E-state index in [1.54, 1.807) is 4.68 Å². The average molecular weight is 378 g/mol. The van der Waals surface area contributed by atoms with Crippen molar-refractivity contribution in [3.05, 3.63) is 42.1 Å². The van der Waals surface area contributed by atoms with Gasteiger partial charge in [0.15, 0.2) is 5.65 Å². The van der Waals surface area contributed by atoms with Crippen LogP contribution in [0.2, 0.25) is 0 Å². The highest BCUT2D eigenvalue weighted by molar-refractivity contribution is 5.92. The van der Waals surface area contributed by atoms with Gasteiger partial charge in [0, 0.05) is 37.9 Å². The SMILES string of the molecule is CCn1ccc(C(=O)N2CC[C@@H](n3c(C4CCCC4)nc4cccnc43)C2)n1. The van der Waals surface area contributed by atoms with Crippen LogP contribution >= 0.6 is 0 Å². The maximum absolute atomic E-state index is 12.9. The predicted octanol–water partition coefficient (Wildman–Crippen LogP) is 3.39. The molecule has 4 heterocycles. The molecule has 1 aliphatic carbocycles. The Balaban J connectivity index is 1.44. The summed E-state index contributed by atoms with van der Waals surface area (Å²) in [4.78, 5) is 24.4. The van der Waals surface area contributed by atoms with Gasteiger partial charge in [-0.05, 0) is 44.4 Å². The van der Waals surface area contributed by atoms with E-state index < -0.39 is 0 Å². The minimum atomic E-state index is 0.0227. The standard InChI is InChI=1S/C21H26N6O/c1-2-26-13-10-18(24-26)21(28)25-12-9-16(14-25)27-19(15-6-3-4-7-15)23-17-8-5-11-22-20(17)27/h5,8,10-11,13,15-16H,2-4,6-7,9,12,14H2,1H3/t16-/m1/s1. The van der Waals surface area contributed by atoms with Gasteiger partial charge in [0.25, 0.3) is 5.91 Å². The number of hydrogen-bond acceptors (Lipinski definition) is 4. The molecule has 1 amide bonds. The molecule has 7 heteroatoms. The van der Waals surface area contributed by atoms with Crippen molar-refractivity contribution in [2.45, 2.75) is 57.5 Å². The van der Waals surface area contributed by atoms with E-state index in [4.69, 9.17) is 4.98 Å². The van der Waals surface area contributed by atoms with Gasteiger partial charge in [-0.3, -0.25) is 9.48 Å². The molecular formula is C21H26N6O. The second-order valence-corrected chi connectivity index (χ2v) is 7.92. The van der Waals surface area contributed by atoms with E-state index in [1.807, 2.05) is 42.4 Å². The Labute approximate surface area is 164 Å². The Bertz CT molecular complexity index is 999. The van der Waals surface area contributed by atoms with Crippen molar-refractivity contribution in [2.24, 2.45) is 0 Å². The van der Waals surface area contributed by atoms with Gasteiger partial charge in [0.05, 0.1) is 6.04 Å². The summed E-state index contributed by atoms with van der Waals surface area (Å²) in [5.74, 6) is 1.70. The molecule has 5 rings (SSSR count). The molecule has 2 aliphatic rings. The van der Waals surface area contributed by atoms with Crippen molar-refractivity contribution in [2.75, 3.05) is 13.1 Å². The Kier molecular flexibility index (Phi) is 4.37. The lowest BCUT2D eigenvalue weighted by atomic mass is 10.1. The smallest absolute Gasteiger partial charge is 0.274 e. The Hall–Kier alpha value is -2.70. The minimum absolute atomic E-state index is 0.0227. The van der Waals surface area contributed by atoms with Crippen LogP contribution in [0, 0.1) is 0 Å². The third-order valence-electron chi connectivity index (χ3n) is 6.20. The van der Waals surface area contributed by atoms with E-state index in [9.17, 15) is 4.79 Å². The highest BCUT2D eigenvalue weighted by Gasteiger charge is 2.33. The molecule has 28 heavy (non-hydrogen) atoms. The molecule has 7 nitrogen and oxygen atoms in total. The highest BCUT2D eigenvalue weighted by atomic mass is 16.2. The topological polar surface area (TPSA) is 68.8 Å². The molecule has 3 aromatic heterocycles. The van der Waals surface area contributed by atoms with Crippen molar-refractivity contribution in [3.8, 4) is 0 Å². The average Bonchev–Trinajstić information content (AvgIpc) is 3.52. The fourth-order valence-corrected chi connectivity index (χ4v) is 4.73. The molecule has 0 unspecified atom stereocenters. The number of likely N-dealkylation sites (tertiary alicyclic amines) is 1. The monoisotopic (exact) mass is 378 g/mol. The van der Waals surface area contributed by atoms with Gasteiger partial charge in [0.2, 0.25) is 0 Å². The molecule has 1 atom stereocenters. The number of carbonyl (C=O) groups is 1. The van der Waals surface area contributed by atoms with E-state index in [0.29, 0.717) is 18.2 Å². The molecule has 0 bridgehead atoms. The third kappa shape index (κ3) is 2.89. The fourth-order valence-electron chi connectivity index (χ4n) is 4.73.